The molecule has 152 valence electrons. The van der Waals surface area contributed by atoms with Crippen molar-refractivity contribution in [2.45, 2.75) is 38.4 Å². The molecule has 1 aliphatic rings. The van der Waals surface area contributed by atoms with E-state index in [4.69, 9.17) is 14.7 Å². The summed E-state index contributed by atoms with van der Waals surface area (Å²) in [6.07, 6.45) is -0.396. The number of nitrogens with one attached hydrogen (secondary N) is 1. The molecule has 0 unspecified atom stereocenters. The van der Waals surface area contributed by atoms with Crippen molar-refractivity contribution in [2.75, 3.05) is 12.1 Å². The Bertz CT molecular complexity index is 848. The Kier molecular flexibility index (Phi) is 7.18. The van der Waals surface area contributed by atoms with Crippen LogP contribution in [0, 0.1) is 0 Å². The van der Waals surface area contributed by atoms with Gasteiger partial charge in [-0.15, -0.1) is 0 Å². The second-order valence-corrected chi connectivity index (χ2v) is 5.91. The Labute approximate surface area is 160 Å². The monoisotopic (exact) mass is 394 g/mol. The molecule has 2 heterocycles. The largest absolute Gasteiger partial charge is 0.394 e. The fourth-order valence-electron chi connectivity index (χ4n) is 2.60. The van der Waals surface area contributed by atoms with Gasteiger partial charge in [-0.05, 0) is 26.1 Å². The minimum Gasteiger partial charge on any atom is -0.394 e. The Balaban J connectivity index is 2.11. The van der Waals surface area contributed by atoms with Crippen LogP contribution in [0.1, 0.15) is 20.1 Å². The van der Waals surface area contributed by atoms with Gasteiger partial charge in [0.25, 0.3) is 0 Å². The van der Waals surface area contributed by atoms with Crippen LogP contribution in [0.2, 0.25) is 0 Å². The summed E-state index contributed by atoms with van der Waals surface area (Å²) >= 11 is 0. The minimum absolute atomic E-state index is 0.00884. The maximum atomic E-state index is 12.2. The number of aliphatic hydroxyl groups is 3. The van der Waals surface area contributed by atoms with Gasteiger partial charge in [0.2, 0.25) is 0 Å². The lowest BCUT2D eigenvalue weighted by molar-refractivity contribution is -0.136. The fraction of sp³-hybridized carbons (Fsp3) is 0.412. The minimum atomic E-state index is -1.42. The second kappa shape index (κ2) is 9.37. The lowest BCUT2D eigenvalue weighted by Crippen LogP contribution is -2.36. The van der Waals surface area contributed by atoms with Crippen molar-refractivity contribution in [3.63, 3.8) is 0 Å². The molecule has 1 aliphatic heterocycles. The van der Waals surface area contributed by atoms with Crippen LogP contribution < -0.4 is 11.2 Å². The zero-order chi connectivity index (χ0) is 20.8. The number of aliphatic imine (C=N–C) groups is 1. The summed E-state index contributed by atoms with van der Waals surface area (Å²) in [6, 6.07) is 1.30. The average molecular weight is 394 g/mol. The smallest absolute Gasteiger partial charge is 0.381 e. The fourth-order valence-corrected chi connectivity index (χ4v) is 2.60. The predicted molar refractivity (Wildman–Crippen MR) is 98.3 cm³/mol. The van der Waals surface area contributed by atoms with E-state index in [1.54, 1.807) is 26.0 Å². The molecule has 4 N–H and O–H groups in total. The van der Waals surface area contributed by atoms with Crippen LogP contribution in [0.3, 0.4) is 0 Å². The number of rotatable bonds is 7. The number of allylic oxidation sites excluding steroid dienone is 3. The van der Waals surface area contributed by atoms with E-state index in [9.17, 15) is 19.8 Å². The van der Waals surface area contributed by atoms with Crippen LogP contribution in [0.4, 0.5) is 5.82 Å². The molecule has 0 aromatic carbocycles. The molecule has 0 spiro atoms. The van der Waals surface area contributed by atoms with Gasteiger partial charge < -0.3 is 24.9 Å². The number of aliphatic hydroxyl groups excluding tert-OH is 3. The highest BCUT2D eigenvalue weighted by molar-refractivity contribution is 5.90. The Hall–Kier alpha value is -2.86. The number of aromatic nitrogens is 2. The lowest BCUT2D eigenvalue weighted by Gasteiger charge is -2.17. The zero-order valence-corrected chi connectivity index (χ0v) is 15.3. The number of carbonyl (C=O) groups excluding carboxylic acids is 1. The maximum absolute atomic E-state index is 12.2. The standard InChI is InChI=1S/C17H22N4O7/c1-4-5-9(2)12(18-3)16(25)28-20-11-6-7-21(17(26)19-11)15-14(24)13(23)10(8-22)27-15/h4-7,10,13-15,22-24H,3,8H2,1-2H3,(H,19,20,26)/b5-4-,12-9-/t10-,13-,14-,15-/m1/s1. The van der Waals surface area contributed by atoms with E-state index in [0.717, 1.165) is 4.57 Å². The summed E-state index contributed by atoms with van der Waals surface area (Å²) in [7, 11) is 0. The molecule has 0 amide bonds. The molecule has 1 saturated heterocycles. The second-order valence-electron chi connectivity index (χ2n) is 5.91. The molecule has 11 heteroatoms. The average Bonchev–Trinajstić information content (AvgIpc) is 2.95. The van der Waals surface area contributed by atoms with Gasteiger partial charge in [-0.2, -0.15) is 10.5 Å². The van der Waals surface area contributed by atoms with Gasteiger partial charge in [-0.25, -0.2) is 9.59 Å². The summed E-state index contributed by atoms with van der Waals surface area (Å²) in [5, 5.41) is 28.9. The van der Waals surface area contributed by atoms with Gasteiger partial charge in [0.15, 0.2) is 17.7 Å². The van der Waals surface area contributed by atoms with Crippen molar-refractivity contribution in [3.8, 4) is 0 Å². The summed E-state index contributed by atoms with van der Waals surface area (Å²) < 4.78 is 6.22. The number of anilines is 1. The van der Waals surface area contributed by atoms with E-state index >= 15 is 0 Å². The Morgan fingerprint density at radius 1 is 1.50 bits per heavy atom. The molecule has 0 aliphatic carbocycles. The molecular weight excluding hydrogens is 372 g/mol. The van der Waals surface area contributed by atoms with Crippen LogP contribution in [0.15, 0.2) is 45.5 Å². The molecule has 0 radical (unpaired) electrons. The van der Waals surface area contributed by atoms with Crippen molar-refractivity contribution in [1.29, 1.82) is 0 Å². The van der Waals surface area contributed by atoms with E-state index in [0.29, 0.717) is 5.57 Å². The maximum Gasteiger partial charge on any atom is 0.381 e. The van der Waals surface area contributed by atoms with Crippen LogP contribution >= 0.6 is 0 Å². The Morgan fingerprint density at radius 2 is 2.21 bits per heavy atom. The third-order valence-electron chi connectivity index (χ3n) is 4.01. The van der Waals surface area contributed by atoms with Crippen LogP contribution in [-0.2, 0) is 14.4 Å². The molecule has 1 aromatic heterocycles. The number of hydrogen-bond acceptors (Lipinski definition) is 10. The molecule has 4 atom stereocenters. The number of nitrogens with zero attached hydrogens (tertiary/aromatic N) is 3. The first-order valence-corrected chi connectivity index (χ1v) is 8.33. The van der Waals surface area contributed by atoms with Gasteiger partial charge >= 0.3 is 11.7 Å². The highest BCUT2D eigenvalue weighted by atomic mass is 16.7. The van der Waals surface area contributed by atoms with Gasteiger partial charge in [-0.1, -0.05) is 12.2 Å². The number of carbonyl (C=O) groups is 1. The SMILES string of the molecule is C=N/C(C(=O)ONc1ccn([C@@H]2O[C@H](CO)[C@@H](O)[C@H]2O)c(=O)n1)=C(C)\C=C/C. The van der Waals surface area contributed by atoms with E-state index in [-0.39, 0.29) is 11.5 Å². The first-order chi connectivity index (χ1) is 13.3. The third-order valence-corrected chi connectivity index (χ3v) is 4.01. The predicted octanol–water partition coefficient (Wildman–Crippen LogP) is -0.724. The number of hydrogen-bond donors (Lipinski definition) is 4. The van der Waals surface area contributed by atoms with Crippen LogP contribution in [-0.4, -0.2) is 62.5 Å². The molecule has 1 fully saturated rings. The van der Waals surface area contributed by atoms with Crippen LogP contribution in [0.5, 0.6) is 0 Å². The normalized spacial score (nSPS) is 25.5. The van der Waals surface area contributed by atoms with E-state index in [2.05, 4.69) is 22.2 Å². The van der Waals surface area contributed by atoms with Gasteiger partial charge in [-0.3, -0.25) is 9.56 Å². The van der Waals surface area contributed by atoms with Crippen molar-refractivity contribution in [3.05, 3.63) is 46.2 Å². The Morgan fingerprint density at radius 3 is 2.75 bits per heavy atom. The quantitative estimate of drug-likeness (QED) is 0.203. The number of ether oxygens (including phenoxy) is 1. The van der Waals surface area contributed by atoms with Gasteiger partial charge in [0, 0.05) is 12.3 Å². The highest BCUT2D eigenvalue weighted by Gasteiger charge is 2.43. The third kappa shape index (κ3) is 4.51. The van der Waals surface area contributed by atoms with E-state index in [1.807, 2.05) is 0 Å². The van der Waals surface area contributed by atoms with Crippen molar-refractivity contribution >= 4 is 18.5 Å². The first-order valence-electron chi connectivity index (χ1n) is 8.33. The molecule has 2 rings (SSSR count). The van der Waals surface area contributed by atoms with Crippen molar-refractivity contribution in [1.82, 2.24) is 9.55 Å². The van der Waals surface area contributed by atoms with Gasteiger partial charge in [0.1, 0.15) is 18.3 Å². The highest BCUT2D eigenvalue weighted by Crippen LogP contribution is 2.28. The summed E-state index contributed by atoms with van der Waals surface area (Å²) in [5.41, 5.74) is 1.94. The summed E-state index contributed by atoms with van der Waals surface area (Å²) in [5.74, 6) is -0.895. The summed E-state index contributed by atoms with van der Waals surface area (Å²) in [6.45, 7) is 6.24. The summed E-state index contributed by atoms with van der Waals surface area (Å²) in [4.78, 5) is 36.4. The van der Waals surface area contributed by atoms with Gasteiger partial charge in [0.05, 0.1) is 6.61 Å². The molecule has 11 nitrogen and oxygen atoms in total. The zero-order valence-electron chi connectivity index (χ0n) is 15.3. The van der Waals surface area contributed by atoms with Crippen molar-refractivity contribution in [2.24, 2.45) is 4.99 Å². The van der Waals surface area contributed by atoms with Crippen molar-refractivity contribution < 1.29 is 29.7 Å². The topological polar surface area (TPSA) is 156 Å². The molecular formula is C17H22N4O7. The lowest BCUT2D eigenvalue weighted by atomic mass is 10.1. The van der Waals surface area contributed by atoms with E-state index < -0.39 is 42.8 Å². The van der Waals surface area contributed by atoms with E-state index in [1.165, 1.54) is 12.3 Å². The molecule has 0 saturated carbocycles. The van der Waals surface area contributed by atoms with Crippen LogP contribution in [0.25, 0.3) is 0 Å². The molecule has 0 bridgehead atoms. The molecule has 1 aromatic rings. The molecule has 28 heavy (non-hydrogen) atoms. The first kappa shape index (κ1) is 21.4.